The van der Waals surface area contributed by atoms with E-state index in [-0.39, 0.29) is 0 Å². The monoisotopic (exact) mass is 256 g/mol. The lowest BCUT2D eigenvalue weighted by atomic mass is 9.98. The first-order valence-electron chi connectivity index (χ1n) is 5.74. The summed E-state index contributed by atoms with van der Waals surface area (Å²) in [7, 11) is -3.13. The second-order valence-electron chi connectivity index (χ2n) is 4.32. The van der Waals surface area contributed by atoms with Gasteiger partial charge in [-0.25, -0.2) is 8.42 Å². The van der Waals surface area contributed by atoms with Gasteiger partial charge < -0.3 is 0 Å². The Kier molecular flexibility index (Phi) is 2.56. The van der Waals surface area contributed by atoms with Gasteiger partial charge in [0.25, 0.3) is 0 Å². The molecule has 2 nitrogen and oxygen atoms in total. The normalized spacial score (nSPS) is 20.9. The summed E-state index contributed by atoms with van der Waals surface area (Å²) in [5.74, 6) is 0. The molecule has 0 N–H and O–H groups in total. The van der Waals surface area contributed by atoms with Gasteiger partial charge in [-0.15, -0.1) is 0 Å². The fourth-order valence-electron chi connectivity index (χ4n) is 2.26. The van der Waals surface area contributed by atoms with Crippen molar-refractivity contribution in [2.24, 2.45) is 0 Å². The van der Waals surface area contributed by atoms with Gasteiger partial charge in [0, 0.05) is 5.41 Å². The van der Waals surface area contributed by atoms with Crippen LogP contribution >= 0.6 is 0 Å². The van der Waals surface area contributed by atoms with Gasteiger partial charge in [-0.2, -0.15) is 0 Å². The Morgan fingerprint density at radius 2 is 1.33 bits per heavy atom. The van der Waals surface area contributed by atoms with E-state index in [0.717, 1.165) is 16.7 Å². The van der Waals surface area contributed by atoms with Gasteiger partial charge in [0.05, 0.1) is 0 Å². The van der Waals surface area contributed by atoms with Crippen molar-refractivity contribution >= 4 is 15.4 Å². The van der Waals surface area contributed by atoms with Crippen LogP contribution in [0.4, 0.5) is 0 Å². The Bertz CT molecular complexity index is 686. The van der Waals surface area contributed by atoms with Crippen LogP contribution in [-0.4, -0.2) is 8.42 Å². The summed E-state index contributed by atoms with van der Waals surface area (Å²) >= 11 is 0. The van der Waals surface area contributed by atoms with Crippen molar-refractivity contribution in [3.63, 3.8) is 0 Å². The Morgan fingerprint density at radius 1 is 0.778 bits per heavy atom. The molecule has 1 aliphatic rings. The summed E-state index contributed by atoms with van der Waals surface area (Å²) in [5.41, 5.74) is 2.68. The standard InChI is InChI=1S/C15H12O2S/c16-18(17)11-14(12-7-3-1-4-8-12)15(18)13-9-5-2-6-10-13/h1-11,15H. The van der Waals surface area contributed by atoms with E-state index in [1.165, 1.54) is 5.41 Å². The molecule has 0 aliphatic carbocycles. The van der Waals surface area contributed by atoms with Crippen molar-refractivity contribution in [1.82, 2.24) is 0 Å². The molecule has 0 radical (unpaired) electrons. The fraction of sp³-hybridized carbons (Fsp3) is 0.0667. The summed E-state index contributed by atoms with van der Waals surface area (Å²) in [6.45, 7) is 0. The molecule has 1 atom stereocenters. The van der Waals surface area contributed by atoms with E-state index >= 15 is 0 Å². The van der Waals surface area contributed by atoms with Gasteiger partial charge in [0.2, 0.25) is 0 Å². The molecule has 0 fully saturated rings. The molecule has 0 aromatic heterocycles. The van der Waals surface area contributed by atoms with Crippen LogP contribution < -0.4 is 0 Å². The number of hydrogen-bond donors (Lipinski definition) is 0. The number of sulfone groups is 1. The quantitative estimate of drug-likeness (QED) is 0.827. The van der Waals surface area contributed by atoms with Gasteiger partial charge in [-0.3, -0.25) is 0 Å². The first kappa shape index (κ1) is 11.2. The van der Waals surface area contributed by atoms with Gasteiger partial charge in [-0.1, -0.05) is 60.7 Å². The molecule has 1 heterocycles. The molecular weight excluding hydrogens is 244 g/mol. The van der Waals surface area contributed by atoms with Crippen LogP contribution in [-0.2, 0) is 9.84 Å². The largest absolute Gasteiger partial charge is 0.223 e. The number of rotatable bonds is 2. The second-order valence-corrected chi connectivity index (χ2v) is 6.20. The van der Waals surface area contributed by atoms with Gasteiger partial charge >= 0.3 is 0 Å². The Balaban J connectivity index is 2.08. The summed E-state index contributed by atoms with van der Waals surface area (Å²) in [6.07, 6.45) is 0. The van der Waals surface area contributed by atoms with Crippen molar-refractivity contribution in [2.75, 3.05) is 0 Å². The highest BCUT2D eigenvalue weighted by Crippen LogP contribution is 2.45. The Labute approximate surface area is 107 Å². The molecule has 18 heavy (non-hydrogen) atoms. The zero-order chi connectivity index (χ0) is 12.6. The summed E-state index contributed by atoms with van der Waals surface area (Å²) in [6, 6.07) is 19.0. The molecule has 3 heteroatoms. The lowest BCUT2D eigenvalue weighted by Gasteiger charge is -2.27. The van der Waals surface area contributed by atoms with E-state index in [0.29, 0.717) is 0 Å². The van der Waals surface area contributed by atoms with E-state index in [1.807, 2.05) is 60.7 Å². The molecule has 0 bridgehead atoms. The van der Waals surface area contributed by atoms with Crippen LogP contribution in [0.2, 0.25) is 0 Å². The minimum Gasteiger partial charge on any atom is -0.223 e. The highest BCUT2D eigenvalue weighted by Gasteiger charge is 2.38. The van der Waals surface area contributed by atoms with Crippen LogP contribution in [0.15, 0.2) is 66.1 Å². The molecule has 0 spiro atoms. The van der Waals surface area contributed by atoms with E-state index in [1.54, 1.807) is 0 Å². The third-order valence-corrected chi connectivity index (χ3v) is 4.88. The highest BCUT2D eigenvalue weighted by molar-refractivity contribution is 7.96. The SMILES string of the molecule is O=S1(=O)C=C(c2ccccc2)C1c1ccccc1. The molecule has 0 saturated carbocycles. The average molecular weight is 256 g/mol. The van der Waals surface area contributed by atoms with Crippen molar-refractivity contribution in [2.45, 2.75) is 5.25 Å². The maximum atomic E-state index is 11.9. The van der Waals surface area contributed by atoms with Gasteiger partial charge in [-0.05, 0) is 16.7 Å². The average Bonchev–Trinajstić information content (AvgIpc) is 2.38. The maximum absolute atomic E-state index is 11.9. The number of hydrogen-bond acceptors (Lipinski definition) is 2. The van der Waals surface area contributed by atoms with Gasteiger partial charge in [0.1, 0.15) is 5.25 Å². The van der Waals surface area contributed by atoms with Crippen LogP contribution in [0.1, 0.15) is 16.4 Å². The molecule has 2 aromatic rings. The number of benzene rings is 2. The van der Waals surface area contributed by atoms with E-state index in [4.69, 9.17) is 0 Å². The molecule has 0 amide bonds. The second kappa shape index (κ2) is 4.10. The van der Waals surface area contributed by atoms with Crippen LogP contribution in [0.25, 0.3) is 5.57 Å². The van der Waals surface area contributed by atoms with Crippen molar-refractivity contribution < 1.29 is 8.42 Å². The summed E-state index contributed by atoms with van der Waals surface area (Å²) in [5, 5.41) is 0.862. The maximum Gasteiger partial charge on any atom is 0.183 e. The Morgan fingerprint density at radius 3 is 1.89 bits per heavy atom. The zero-order valence-electron chi connectivity index (χ0n) is 9.65. The lowest BCUT2D eigenvalue weighted by molar-refractivity contribution is 0.596. The molecule has 2 aromatic carbocycles. The zero-order valence-corrected chi connectivity index (χ0v) is 10.5. The van der Waals surface area contributed by atoms with Crippen molar-refractivity contribution in [1.29, 1.82) is 0 Å². The van der Waals surface area contributed by atoms with E-state index in [9.17, 15) is 8.42 Å². The molecular formula is C15H12O2S. The van der Waals surface area contributed by atoms with Crippen LogP contribution in [0.3, 0.4) is 0 Å². The third-order valence-electron chi connectivity index (χ3n) is 3.11. The van der Waals surface area contributed by atoms with Crippen molar-refractivity contribution in [3.8, 4) is 0 Å². The van der Waals surface area contributed by atoms with Crippen molar-refractivity contribution in [3.05, 3.63) is 77.2 Å². The van der Waals surface area contributed by atoms with Gasteiger partial charge in [0.15, 0.2) is 9.84 Å². The first-order chi connectivity index (χ1) is 8.68. The van der Waals surface area contributed by atoms with E-state index < -0.39 is 15.1 Å². The fourth-order valence-corrected chi connectivity index (χ4v) is 3.89. The van der Waals surface area contributed by atoms with Crippen LogP contribution in [0, 0.1) is 0 Å². The van der Waals surface area contributed by atoms with E-state index in [2.05, 4.69) is 0 Å². The summed E-state index contributed by atoms with van der Waals surface area (Å²) < 4.78 is 23.9. The predicted molar refractivity (Wildman–Crippen MR) is 72.5 cm³/mol. The highest BCUT2D eigenvalue weighted by atomic mass is 32.2. The smallest absolute Gasteiger partial charge is 0.183 e. The summed E-state index contributed by atoms with van der Waals surface area (Å²) in [4.78, 5) is 0. The molecule has 90 valence electrons. The predicted octanol–water partition coefficient (Wildman–Crippen LogP) is 3.20. The molecule has 0 saturated heterocycles. The van der Waals surface area contributed by atoms with Crippen LogP contribution in [0.5, 0.6) is 0 Å². The third kappa shape index (κ3) is 1.77. The first-order valence-corrected chi connectivity index (χ1v) is 7.35. The molecule has 1 unspecified atom stereocenters. The minimum absolute atomic E-state index is 0.513. The lowest BCUT2D eigenvalue weighted by Crippen LogP contribution is -2.22. The molecule has 3 rings (SSSR count). The topological polar surface area (TPSA) is 34.1 Å². The minimum atomic E-state index is -3.13. The Hall–Kier alpha value is -1.87. The molecule has 1 aliphatic heterocycles.